The Morgan fingerprint density at radius 3 is 2.21 bits per heavy atom. The lowest BCUT2D eigenvalue weighted by atomic mass is 10.2. The van der Waals surface area contributed by atoms with Gasteiger partial charge in [-0.1, -0.05) is 0 Å². The quantitative estimate of drug-likeness (QED) is 0.838. The summed E-state index contributed by atoms with van der Waals surface area (Å²) in [6.45, 7) is 0.434. The van der Waals surface area contributed by atoms with Gasteiger partial charge in [-0.15, -0.1) is 0 Å². The van der Waals surface area contributed by atoms with Crippen molar-refractivity contribution in [2.24, 2.45) is 0 Å². The lowest BCUT2D eigenvalue weighted by molar-refractivity contribution is 0.244. The molecule has 2 rings (SSSR count). The van der Waals surface area contributed by atoms with Gasteiger partial charge >= 0.3 is 0 Å². The van der Waals surface area contributed by atoms with Crippen molar-refractivity contribution in [2.75, 3.05) is 19.5 Å². The summed E-state index contributed by atoms with van der Waals surface area (Å²) in [5, 5.41) is 12.1. The van der Waals surface area contributed by atoms with E-state index in [0.717, 1.165) is 22.9 Å². The Morgan fingerprint density at radius 2 is 1.68 bits per heavy atom. The maximum Gasteiger partial charge on any atom is 0.129 e. The first-order valence-corrected chi connectivity index (χ1v) is 5.90. The van der Waals surface area contributed by atoms with Gasteiger partial charge in [-0.2, -0.15) is 0 Å². The number of nitrogens with one attached hydrogen (secondary N) is 1. The van der Waals surface area contributed by atoms with Crippen LogP contribution >= 0.6 is 0 Å². The van der Waals surface area contributed by atoms with E-state index in [4.69, 9.17) is 19.0 Å². The van der Waals surface area contributed by atoms with E-state index < -0.39 is 0 Å². The highest BCUT2D eigenvalue weighted by atomic mass is 16.5. The van der Waals surface area contributed by atoms with Crippen molar-refractivity contribution in [1.29, 1.82) is 0 Å². The van der Waals surface area contributed by atoms with Crippen LogP contribution in [0.2, 0.25) is 0 Å². The highest BCUT2D eigenvalue weighted by Crippen LogP contribution is 2.26. The second kappa shape index (κ2) is 6.15. The molecule has 0 bridgehead atoms. The highest BCUT2D eigenvalue weighted by molar-refractivity contribution is 5.53. The number of ether oxygens (including phenoxy) is 2. The number of rotatable bonds is 6. The molecule has 0 saturated heterocycles. The summed E-state index contributed by atoms with van der Waals surface area (Å²) >= 11 is 0. The summed E-state index contributed by atoms with van der Waals surface area (Å²) in [7, 11) is 3.22. The van der Waals surface area contributed by atoms with E-state index in [0.29, 0.717) is 12.3 Å². The van der Waals surface area contributed by atoms with Crippen LogP contribution in [0.25, 0.3) is 0 Å². The minimum atomic E-state index is -0.0903. The maximum atomic E-state index is 8.93. The van der Waals surface area contributed by atoms with Crippen LogP contribution < -0.4 is 14.8 Å². The lowest BCUT2D eigenvalue weighted by Gasteiger charge is -2.09. The Kier molecular flexibility index (Phi) is 4.30. The van der Waals surface area contributed by atoms with Gasteiger partial charge in [-0.25, -0.2) is 0 Å². The molecule has 1 heterocycles. The van der Waals surface area contributed by atoms with E-state index in [1.807, 2.05) is 24.3 Å². The van der Waals surface area contributed by atoms with Gasteiger partial charge in [0.25, 0.3) is 0 Å². The summed E-state index contributed by atoms with van der Waals surface area (Å²) in [5.74, 6) is 2.75. The minimum Gasteiger partial charge on any atom is -0.497 e. The smallest absolute Gasteiger partial charge is 0.129 e. The fourth-order valence-corrected chi connectivity index (χ4v) is 1.70. The molecule has 0 unspecified atom stereocenters. The van der Waals surface area contributed by atoms with E-state index in [1.54, 1.807) is 20.3 Å². The van der Waals surface area contributed by atoms with Crippen molar-refractivity contribution >= 4 is 5.69 Å². The number of hydrogen-bond donors (Lipinski definition) is 2. The number of anilines is 1. The summed E-state index contributed by atoms with van der Waals surface area (Å²) in [5.41, 5.74) is 0.873. The first kappa shape index (κ1) is 13.3. The summed E-state index contributed by atoms with van der Waals surface area (Å²) in [6.07, 6.45) is 0. The van der Waals surface area contributed by atoms with Gasteiger partial charge in [0.1, 0.15) is 29.6 Å². The van der Waals surface area contributed by atoms with Crippen LogP contribution in [-0.4, -0.2) is 19.3 Å². The van der Waals surface area contributed by atoms with Crippen molar-refractivity contribution in [1.82, 2.24) is 0 Å². The monoisotopic (exact) mass is 263 g/mol. The van der Waals surface area contributed by atoms with Crippen molar-refractivity contribution in [3.05, 3.63) is 41.9 Å². The van der Waals surface area contributed by atoms with E-state index in [9.17, 15) is 0 Å². The molecule has 1 aromatic carbocycles. The van der Waals surface area contributed by atoms with Crippen molar-refractivity contribution in [3.8, 4) is 11.5 Å². The Morgan fingerprint density at radius 1 is 1.05 bits per heavy atom. The Balaban J connectivity index is 2.05. The molecule has 5 heteroatoms. The van der Waals surface area contributed by atoms with Crippen LogP contribution in [-0.2, 0) is 13.2 Å². The Bertz CT molecular complexity index is 514. The zero-order chi connectivity index (χ0) is 13.7. The second-order valence-corrected chi connectivity index (χ2v) is 3.98. The molecule has 0 spiro atoms. The van der Waals surface area contributed by atoms with E-state index >= 15 is 0 Å². The van der Waals surface area contributed by atoms with Crippen LogP contribution in [0.4, 0.5) is 5.69 Å². The summed E-state index contributed by atoms with van der Waals surface area (Å²) in [6, 6.07) is 9.14. The van der Waals surface area contributed by atoms with Gasteiger partial charge in [-0.3, -0.25) is 0 Å². The number of hydrogen-bond acceptors (Lipinski definition) is 5. The van der Waals surface area contributed by atoms with Gasteiger partial charge < -0.3 is 24.3 Å². The molecule has 0 aliphatic carbocycles. The molecule has 19 heavy (non-hydrogen) atoms. The number of furan rings is 1. The average Bonchev–Trinajstić information content (AvgIpc) is 2.92. The summed E-state index contributed by atoms with van der Waals surface area (Å²) < 4.78 is 15.8. The SMILES string of the molecule is COc1cc(NCc2ccc(CO)o2)cc(OC)c1. The number of aliphatic hydroxyl groups is 1. The molecule has 2 N–H and O–H groups in total. The first-order chi connectivity index (χ1) is 9.25. The molecule has 102 valence electrons. The number of aliphatic hydroxyl groups excluding tert-OH is 1. The predicted octanol–water partition coefficient (Wildman–Crippen LogP) is 2.40. The molecular weight excluding hydrogens is 246 g/mol. The maximum absolute atomic E-state index is 8.93. The third-order valence-electron chi connectivity index (χ3n) is 2.69. The van der Waals surface area contributed by atoms with Crippen molar-refractivity contribution in [3.63, 3.8) is 0 Å². The van der Waals surface area contributed by atoms with Crippen LogP contribution in [0.1, 0.15) is 11.5 Å². The minimum absolute atomic E-state index is 0.0903. The third kappa shape index (κ3) is 3.42. The fourth-order valence-electron chi connectivity index (χ4n) is 1.70. The normalized spacial score (nSPS) is 10.3. The van der Waals surface area contributed by atoms with E-state index in [1.165, 1.54) is 0 Å². The Labute approximate surface area is 111 Å². The molecule has 0 saturated carbocycles. The molecular formula is C14H17NO4. The molecule has 5 nitrogen and oxygen atoms in total. The van der Waals surface area contributed by atoms with Gasteiger partial charge in [-0.05, 0) is 12.1 Å². The van der Waals surface area contributed by atoms with Gasteiger partial charge in [0, 0.05) is 23.9 Å². The van der Waals surface area contributed by atoms with Crippen LogP contribution in [0.15, 0.2) is 34.7 Å². The molecule has 0 atom stereocenters. The number of methoxy groups -OCH3 is 2. The fraction of sp³-hybridized carbons (Fsp3) is 0.286. The zero-order valence-electron chi connectivity index (χ0n) is 11.0. The molecule has 0 radical (unpaired) electrons. The topological polar surface area (TPSA) is 63.9 Å². The lowest BCUT2D eigenvalue weighted by Crippen LogP contribution is -1.99. The van der Waals surface area contributed by atoms with Crippen LogP contribution in [0.3, 0.4) is 0 Å². The summed E-state index contributed by atoms with van der Waals surface area (Å²) in [4.78, 5) is 0. The number of benzene rings is 1. The predicted molar refractivity (Wildman–Crippen MR) is 71.5 cm³/mol. The zero-order valence-corrected chi connectivity index (χ0v) is 11.0. The van der Waals surface area contributed by atoms with Crippen LogP contribution in [0.5, 0.6) is 11.5 Å². The van der Waals surface area contributed by atoms with E-state index in [-0.39, 0.29) is 6.61 Å². The highest BCUT2D eigenvalue weighted by Gasteiger charge is 2.04. The van der Waals surface area contributed by atoms with Crippen molar-refractivity contribution < 1.29 is 19.0 Å². The third-order valence-corrected chi connectivity index (χ3v) is 2.69. The molecule has 0 aliphatic heterocycles. The van der Waals surface area contributed by atoms with Crippen molar-refractivity contribution in [2.45, 2.75) is 13.2 Å². The van der Waals surface area contributed by atoms with E-state index in [2.05, 4.69) is 5.32 Å². The first-order valence-electron chi connectivity index (χ1n) is 5.90. The average molecular weight is 263 g/mol. The van der Waals surface area contributed by atoms with Gasteiger partial charge in [0.2, 0.25) is 0 Å². The largest absolute Gasteiger partial charge is 0.497 e. The second-order valence-electron chi connectivity index (χ2n) is 3.98. The molecule has 0 aliphatic rings. The van der Waals surface area contributed by atoms with Gasteiger partial charge in [0.15, 0.2) is 0 Å². The molecule has 0 amide bonds. The Hall–Kier alpha value is -2.14. The van der Waals surface area contributed by atoms with Crippen LogP contribution in [0, 0.1) is 0 Å². The molecule has 0 fully saturated rings. The molecule has 2 aromatic rings. The standard InChI is InChI=1S/C14H17NO4/c1-17-13-5-10(6-14(7-13)18-2)15-8-11-3-4-12(9-16)19-11/h3-7,15-16H,8-9H2,1-2H3. The van der Waals surface area contributed by atoms with Gasteiger partial charge in [0.05, 0.1) is 20.8 Å². The molecule has 1 aromatic heterocycles.